The number of imide groups is 1. The molecule has 0 spiro atoms. The van der Waals surface area contributed by atoms with Crippen LogP contribution in [0.5, 0.6) is 5.75 Å². The van der Waals surface area contributed by atoms with E-state index in [-0.39, 0.29) is 35.5 Å². The maximum atomic E-state index is 13.8. The van der Waals surface area contributed by atoms with Crippen molar-refractivity contribution in [1.82, 2.24) is 4.90 Å². The topological polar surface area (TPSA) is 87.1 Å². The predicted octanol–water partition coefficient (Wildman–Crippen LogP) is 6.18. The van der Waals surface area contributed by atoms with Crippen LogP contribution in [0.15, 0.2) is 83.3 Å². The summed E-state index contributed by atoms with van der Waals surface area (Å²) < 4.78 is 6.19. The highest BCUT2D eigenvalue weighted by Crippen LogP contribution is 2.51. The van der Waals surface area contributed by atoms with Gasteiger partial charge in [-0.2, -0.15) is 0 Å². The molecule has 4 atom stereocenters. The number of hydrogen-bond acceptors (Lipinski definition) is 6. The average Bonchev–Trinajstić information content (AvgIpc) is 3.57. The zero-order chi connectivity index (χ0) is 28.5. The van der Waals surface area contributed by atoms with E-state index in [0.29, 0.717) is 32.1 Å². The number of allylic oxidation sites excluding steroid dienone is 2. The Bertz CT molecular complexity index is 1480. The van der Waals surface area contributed by atoms with Crippen molar-refractivity contribution in [3.05, 3.63) is 99.3 Å². The highest BCUT2D eigenvalue weighted by atomic mass is 32.1. The van der Waals surface area contributed by atoms with Gasteiger partial charge in [-0.3, -0.25) is 14.5 Å². The monoisotopic (exact) mass is 567 g/mol. The van der Waals surface area contributed by atoms with Gasteiger partial charge in [-0.05, 0) is 83.8 Å². The Labute approximate surface area is 245 Å². The van der Waals surface area contributed by atoms with Gasteiger partial charge in [-0.25, -0.2) is 0 Å². The molecule has 1 aromatic heterocycles. The number of carbonyl (C=O) groups excluding carboxylic acids is 2. The molecule has 2 amide bonds. The van der Waals surface area contributed by atoms with Crippen LogP contribution < -0.4 is 0 Å². The van der Waals surface area contributed by atoms with Crippen molar-refractivity contribution < 1.29 is 24.4 Å². The summed E-state index contributed by atoms with van der Waals surface area (Å²) in [5, 5.41) is 22.8. The molecule has 6 nitrogen and oxygen atoms in total. The number of fused-ring (bicyclic) bond motifs is 3. The lowest BCUT2D eigenvalue weighted by atomic mass is 9.58. The summed E-state index contributed by atoms with van der Waals surface area (Å²) in [7, 11) is -0.991. The van der Waals surface area contributed by atoms with Crippen molar-refractivity contribution in [2.45, 2.75) is 51.6 Å². The summed E-state index contributed by atoms with van der Waals surface area (Å²) in [4.78, 5) is 29.7. The molecule has 0 bridgehead atoms. The molecule has 2 aromatic carbocycles. The summed E-state index contributed by atoms with van der Waals surface area (Å²) in [5.41, 5.74) is 5.38. The van der Waals surface area contributed by atoms with Crippen molar-refractivity contribution in [2.24, 2.45) is 17.8 Å². The van der Waals surface area contributed by atoms with Crippen LogP contribution >= 0.6 is 11.3 Å². The summed E-state index contributed by atoms with van der Waals surface area (Å²) in [5.74, 6) is -1.03. The van der Waals surface area contributed by atoms with Crippen LogP contribution in [-0.2, 0) is 20.8 Å². The molecule has 0 radical (unpaired) electrons. The largest absolute Gasteiger partial charge is 0.508 e. The van der Waals surface area contributed by atoms with Crippen LogP contribution in [0, 0.1) is 17.8 Å². The molecule has 41 heavy (non-hydrogen) atoms. The number of likely N-dealkylation sites (tertiary alicyclic amines) is 1. The van der Waals surface area contributed by atoms with Crippen LogP contribution in [0.3, 0.4) is 0 Å². The molecule has 1 aliphatic carbocycles. The lowest BCUT2D eigenvalue weighted by Crippen LogP contribution is -2.46. The van der Waals surface area contributed by atoms with Crippen LogP contribution in [-0.4, -0.2) is 40.1 Å². The van der Waals surface area contributed by atoms with Crippen LogP contribution in [0.1, 0.15) is 48.6 Å². The second-order valence-electron chi connectivity index (χ2n) is 11.2. The number of rotatable bonds is 8. The quantitative estimate of drug-likeness (QED) is 0.147. The van der Waals surface area contributed by atoms with E-state index >= 15 is 0 Å². The van der Waals surface area contributed by atoms with Crippen molar-refractivity contribution in [1.29, 1.82) is 0 Å². The van der Waals surface area contributed by atoms with E-state index in [1.54, 1.807) is 23.5 Å². The predicted molar refractivity (Wildman–Crippen MR) is 162 cm³/mol. The smallest absolute Gasteiger partial charge is 0.455 e. The van der Waals surface area contributed by atoms with E-state index in [0.717, 1.165) is 33.6 Å². The number of nitrogens with zero attached hydrogens (tertiary/aromatic N) is 1. The van der Waals surface area contributed by atoms with Gasteiger partial charge < -0.3 is 14.8 Å². The lowest BCUT2D eigenvalue weighted by Gasteiger charge is -2.43. The number of carbonyl (C=O) groups is 2. The normalized spacial score (nSPS) is 24.6. The van der Waals surface area contributed by atoms with Gasteiger partial charge in [0.15, 0.2) is 0 Å². The molecule has 2 fully saturated rings. The molecular weight excluding hydrogens is 533 g/mol. The van der Waals surface area contributed by atoms with Gasteiger partial charge in [-0.15, -0.1) is 11.3 Å². The molecule has 2 saturated heterocycles. The lowest BCUT2D eigenvalue weighted by molar-refractivity contribution is -0.140. The molecule has 2 aliphatic heterocycles. The fraction of sp³-hybridized carbons (Fsp3) is 0.333. The van der Waals surface area contributed by atoms with E-state index in [4.69, 9.17) is 4.65 Å². The molecular formula is C33H34BNO5S. The van der Waals surface area contributed by atoms with E-state index in [9.17, 15) is 19.7 Å². The molecule has 2 N–H and O–H groups in total. The standard InChI is InChI=1S/C33H34BNO5S/c1-2-22-18-27-31(33(38)35(32(27)37)20-26-12-7-15-41-26)28-19-34(39)40-29(30(22)28)14-13-24(23-9-4-3-5-10-23)16-21-8-6-11-25(36)17-21/h3-12,15-17,27-29,31,36,39H,2,13-14,18-20H2,1H3/b24-16-/t27-,28+,29-,31-/m1/s1. The van der Waals surface area contributed by atoms with Crippen LogP contribution in [0.2, 0.25) is 6.32 Å². The van der Waals surface area contributed by atoms with Crippen molar-refractivity contribution >= 4 is 41.9 Å². The van der Waals surface area contributed by atoms with E-state index in [1.165, 1.54) is 10.5 Å². The second kappa shape index (κ2) is 11.8. The van der Waals surface area contributed by atoms with E-state index in [2.05, 4.69) is 25.1 Å². The zero-order valence-electron chi connectivity index (χ0n) is 23.1. The number of aromatic hydroxyl groups is 1. The SMILES string of the molecule is CCC1=C2[C@@H](CC/C(=C/c3cccc(O)c3)c3ccccc3)OB(O)C[C@@H]2[C@@H]2C(=O)N(Cc3cccs3)C(=O)[C@@H]2C1. The minimum atomic E-state index is -0.991. The fourth-order valence-electron chi connectivity index (χ4n) is 6.94. The Balaban J connectivity index is 1.29. The summed E-state index contributed by atoms with van der Waals surface area (Å²) >= 11 is 1.55. The molecule has 8 heteroatoms. The van der Waals surface area contributed by atoms with E-state index < -0.39 is 13.0 Å². The molecule has 210 valence electrons. The molecule has 0 unspecified atom stereocenters. The van der Waals surface area contributed by atoms with Crippen LogP contribution in [0.4, 0.5) is 0 Å². The number of phenolic OH excluding ortho intramolecular Hbond substituents is 1. The van der Waals surface area contributed by atoms with Gasteiger partial charge >= 0.3 is 7.12 Å². The number of thiophene rings is 1. The minimum Gasteiger partial charge on any atom is -0.508 e. The van der Waals surface area contributed by atoms with Gasteiger partial charge in [0.2, 0.25) is 11.8 Å². The van der Waals surface area contributed by atoms with Crippen molar-refractivity contribution in [2.75, 3.05) is 0 Å². The summed E-state index contributed by atoms with van der Waals surface area (Å²) in [6.07, 6.45) is 4.72. The van der Waals surface area contributed by atoms with Gasteiger partial charge in [0, 0.05) is 4.88 Å². The van der Waals surface area contributed by atoms with E-state index in [1.807, 2.05) is 47.8 Å². The van der Waals surface area contributed by atoms with Crippen molar-refractivity contribution in [3.8, 4) is 5.75 Å². The van der Waals surface area contributed by atoms with Crippen molar-refractivity contribution in [3.63, 3.8) is 0 Å². The summed E-state index contributed by atoms with van der Waals surface area (Å²) in [6, 6.07) is 21.2. The highest BCUT2D eigenvalue weighted by Gasteiger charge is 2.57. The molecule has 6 rings (SSSR count). The third-order valence-corrected chi connectivity index (χ3v) is 9.61. The van der Waals surface area contributed by atoms with Gasteiger partial charge in [0.25, 0.3) is 0 Å². The molecule has 3 heterocycles. The maximum absolute atomic E-state index is 13.8. The summed E-state index contributed by atoms with van der Waals surface area (Å²) in [6.45, 7) is 2.41. The first kappa shape index (κ1) is 27.7. The molecule has 3 aliphatic rings. The highest BCUT2D eigenvalue weighted by molar-refractivity contribution is 7.09. The first-order valence-corrected chi connectivity index (χ1v) is 15.3. The zero-order valence-corrected chi connectivity index (χ0v) is 23.9. The van der Waals surface area contributed by atoms with Crippen LogP contribution in [0.25, 0.3) is 11.6 Å². The van der Waals surface area contributed by atoms with Gasteiger partial charge in [0.1, 0.15) is 5.75 Å². The first-order valence-electron chi connectivity index (χ1n) is 14.4. The molecule has 0 saturated carbocycles. The minimum absolute atomic E-state index is 0.0867. The molecule has 3 aromatic rings. The first-order chi connectivity index (χ1) is 19.9. The fourth-order valence-corrected chi connectivity index (χ4v) is 7.63. The Hall–Kier alpha value is -3.46. The second-order valence-corrected chi connectivity index (χ2v) is 12.2. The Kier molecular flexibility index (Phi) is 7.97. The number of amides is 2. The maximum Gasteiger partial charge on any atom is 0.455 e. The third-order valence-electron chi connectivity index (χ3n) is 8.75. The number of phenols is 1. The third kappa shape index (κ3) is 5.56. The van der Waals surface area contributed by atoms with Gasteiger partial charge in [-0.1, -0.05) is 67.1 Å². The number of benzene rings is 2. The Morgan fingerprint density at radius 2 is 1.90 bits per heavy atom. The average molecular weight is 568 g/mol. The number of hydrogen-bond donors (Lipinski definition) is 2. The Morgan fingerprint density at radius 3 is 2.63 bits per heavy atom. The Morgan fingerprint density at radius 1 is 1.07 bits per heavy atom. The van der Waals surface area contributed by atoms with Gasteiger partial charge in [0.05, 0.1) is 24.5 Å².